The van der Waals surface area contributed by atoms with Gasteiger partial charge in [0.15, 0.2) is 0 Å². The summed E-state index contributed by atoms with van der Waals surface area (Å²) in [5.74, 6) is -1.41. The van der Waals surface area contributed by atoms with E-state index < -0.39 is 36.0 Å². The Bertz CT molecular complexity index is 902. The summed E-state index contributed by atoms with van der Waals surface area (Å²) < 4.78 is 0. The van der Waals surface area contributed by atoms with Crippen LogP contribution in [0.5, 0.6) is 0 Å². The van der Waals surface area contributed by atoms with Gasteiger partial charge in [0.05, 0.1) is 6.04 Å². The molecule has 190 valence electrons. The minimum Gasteiger partial charge on any atom is -0.465 e. The summed E-state index contributed by atoms with van der Waals surface area (Å²) in [4.78, 5) is 61.3. The Labute approximate surface area is 204 Å². The van der Waals surface area contributed by atoms with Gasteiger partial charge in [0.25, 0.3) is 0 Å². The quantitative estimate of drug-likeness (QED) is 0.300. The van der Waals surface area contributed by atoms with Crippen LogP contribution in [0, 0.1) is 11.8 Å². The first kappa shape index (κ1) is 26.2. The minimum absolute atomic E-state index is 0.136. The van der Waals surface area contributed by atoms with Gasteiger partial charge in [0, 0.05) is 12.5 Å². The summed E-state index contributed by atoms with van der Waals surface area (Å²) in [6.07, 6.45) is 5.54. The van der Waals surface area contributed by atoms with Gasteiger partial charge >= 0.3 is 6.09 Å². The van der Waals surface area contributed by atoms with Crippen LogP contribution in [0.15, 0.2) is 30.3 Å². The molecule has 0 spiro atoms. The fraction of sp³-hybridized carbons (Fsp3) is 0.560. The molecule has 10 heteroatoms. The van der Waals surface area contributed by atoms with Crippen LogP contribution >= 0.6 is 0 Å². The lowest BCUT2D eigenvalue weighted by molar-refractivity contribution is -0.131. The zero-order chi connectivity index (χ0) is 25.2. The van der Waals surface area contributed by atoms with Gasteiger partial charge in [-0.15, -0.1) is 0 Å². The summed E-state index contributed by atoms with van der Waals surface area (Å²) in [6.45, 7) is 0.542. The molecule has 2 fully saturated rings. The summed E-state index contributed by atoms with van der Waals surface area (Å²) >= 11 is 0. The van der Waals surface area contributed by atoms with Crippen molar-refractivity contribution in [3.8, 4) is 0 Å². The fourth-order valence-corrected chi connectivity index (χ4v) is 4.92. The number of nitrogens with one attached hydrogen (secondary N) is 4. The summed E-state index contributed by atoms with van der Waals surface area (Å²) in [5, 5.41) is 19.6. The molecule has 2 aliphatic rings. The van der Waals surface area contributed by atoms with Crippen LogP contribution < -0.4 is 21.3 Å². The maximum atomic E-state index is 13.2. The molecule has 1 saturated heterocycles. The van der Waals surface area contributed by atoms with E-state index in [-0.39, 0.29) is 24.2 Å². The monoisotopic (exact) mass is 486 g/mol. The average Bonchev–Trinajstić information content (AvgIpc) is 3.26. The Hall–Kier alpha value is -3.43. The molecule has 3 rings (SSSR count). The van der Waals surface area contributed by atoms with Crippen LogP contribution in [0.4, 0.5) is 4.79 Å². The first-order chi connectivity index (χ1) is 16.9. The number of aldehydes is 1. The van der Waals surface area contributed by atoms with Gasteiger partial charge in [0.2, 0.25) is 17.7 Å². The molecule has 1 saturated carbocycles. The third-order valence-corrected chi connectivity index (χ3v) is 6.78. The number of rotatable bonds is 11. The van der Waals surface area contributed by atoms with Gasteiger partial charge in [-0.2, -0.15) is 0 Å². The fourth-order valence-electron chi connectivity index (χ4n) is 4.92. The SMILES string of the molecule is O=CC(C[C@@H]1CCNC1=O)NC(=O)C(CC1CCCCC1)NC(=O)C(NC(=O)O)c1ccccc1. The van der Waals surface area contributed by atoms with E-state index in [1.807, 2.05) is 0 Å². The number of benzene rings is 1. The van der Waals surface area contributed by atoms with Crippen LogP contribution in [0.2, 0.25) is 0 Å². The Morgan fingerprint density at radius 1 is 0.971 bits per heavy atom. The van der Waals surface area contributed by atoms with Crippen LogP contribution in [0.1, 0.15) is 63.0 Å². The van der Waals surface area contributed by atoms with Gasteiger partial charge in [-0.3, -0.25) is 14.4 Å². The maximum absolute atomic E-state index is 13.2. The Balaban J connectivity index is 1.73. The molecule has 0 aromatic heterocycles. The van der Waals surface area contributed by atoms with Crippen molar-refractivity contribution in [2.45, 2.75) is 69.5 Å². The zero-order valence-electron chi connectivity index (χ0n) is 19.7. The predicted octanol–water partition coefficient (Wildman–Crippen LogP) is 1.66. The topological polar surface area (TPSA) is 154 Å². The second kappa shape index (κ2) is 12.9. The van der Waals surface area contributed by atoms with Crippen LogP contribution in [0.3, 0.4) is 0 Å². The second-order valence-electron chi connectivity index (χ2n) is 9.36. The number of hydrogen-bond acceptors (Lipinski definition) is 5. The average molecular weight is 487 g/mol. The Morgan fingerprint density at radius 3 is 2.29 bits per heavy atom. The molecule has 0 bridgehead atoms. The van der Waals surface area contributed by atoms with Crippen molar-refractivity contribution in [3.05, 3.63) is 35.9 Å². The van der Waals surface area contributed by atoms with Gasteiger partial charge in [-0.25, -0.2) is 4.79 Å². The van der Waals surface area contributed by atoms with E-state index >= 15 is 0 Å². The molecule has 1 aliphatic heterocycles. The second-order valence-corrected chi connectivity index (χ2v) is 9.36. The van der Waals surface area contributed by atoms with E-state index in [1.165, 1.54) is 0 Å². The largest absolute Gasteiger partial charge is 0.465 e. The summed E-state index contributed by atoms with van der Waals surface area (Å²) in [7, 11) is 0. The Kier molecular flexibility index (Phi) is 9.63. The summed E-state index contributed by atoms with van der Waals surface area (Å²) in [6, 6.07) is 5.41. The molecule has 1 heterocycles. The third kappa shape index (κ3) is 7.80. The molecule has 1 aliphatic carbocycles. The standard InChI is InChI=1S/C25H34N4O6/c30-15-19(14-18-11-12-26-22(18)31)27-23(32)20(13-16-7-3-1-4-8-16)28-24(33)21(29-25(34)35)17-9-5-2-6-10-17/h2,5-6,9-10,15-16,18-21,29H,1,3-4,7-8,11-14H2,(H,26,31)(H,27,32)(H,28,33)(H,34,35)/t18-,19?,20?,21?/m0/s1. The van der Waals surface area contributed by atoms with Gasteiger partial charge in [-0.1, -0.05) is 62.4 Å². The van der Waals surface area contributed by atoms with E-state index in [2.05, 4.69) is 21.3 Å². The van der Waals surface area contributed by atoms with E-state index in [0.29, 0.717) is 31.2 Å². The smallest absolute Gasteiger partial charge is 0.405 e. The molecule has 35 heavy (non-hydrogen) atoms. The van der Waals surface area contributed by atoms with Crippen LogP contribution in [-0.4, -0.2) is 53.8 Å². The van der Waals surface area contributed by atoms with E-state index in [0.717, 1.165) is 32.1 Å². The molecule has 4 atom stereocenters. The molecule has 1 aromatic rings. The normalized spacial score (nSPS) is 20.7. The van der Waals surface area contributed by atoms with Crippen molar-refractivity contribution >= 4 is 30.1 Å². The van der Waals surface area contributed by atoms with Crippen molar-refractivity contribution in [2.75, 3.05) is 6.54 Å². The van der Waals surface area contributed by atoms with Crippen molar-refractivity contribution in [2.24, 2.45) is 11.8 Å². The van der Waals surface area contributed by atoms with Gasteiger partial charge in [0.1, 0.15) is 18.4 Å². The molecule has 10 nitrogen and oxygen atoms in total. The molecule has 1 aromatic carbocycles. The van der Waals surface area contributed by atoms with Gasteiger partial charge < -0.3 is 31.2 Å². The van der Waals surface area contributed by atoms with Crippen molar-refractivity contribution in [1.29, 1.82) is 0 Å². The van der Waals surface area contributed by atoms with Crippen molar-refractivity contribution < 1.29 is 29.1 Å². The number of carboxylic acid groups (broad SMARTS) is 1. The highest BCUT2D eigenvalue weighted by Crippen LogP contribution is 2.28. The predicted molar refractivity (Wildman–Crippen MR) is 127 cm³/mol. The van der Waals surface area contributed by atoms with E-state index in [1.54, 1.807) is 30.3 Å². The molecule has 3 unspecified atom stereocenters. The zero-order valence-corrected chi connectivity index (χ0v) is 19.7. The highest BCUT2D eigenvalue weighted by atomic mass is 16.4. The molecule has 0 radical (unpaired) electrons. The van der Waals surface area contributed by atoms with Crippen molar-refractivity contribution in [1.82, 2.24) is 21.3 Å². The van der Waals surface area contributed by atoms with Crippen LogP contribution in [0.25, 0.3) is 0 Å². The lowest BCUT2D eigenvalue weighted by Crippen LogP contribution is -2.53. The first-order valence-corrected chi connectivity index (χ1v) is 12.3. The molecular formula is C25H34N4O6. The lowest BCUT2D eigenvalue weighted by atomic mass is 9.84. The molecule has 5 N–H and O–H groups in total. The lowest BCUT2D eigenvalue weighted by Gasteiger charge is -2.29. The van der Waals surface area contributed by atoms with E-state index in [9.17, 15) is 29.1 Å². The summed E-state index contributed by atoms with van der Waals surface area (Å²) in [5.41, 5.74) is 0.447. The highest BCUT2D eigenvalue weighted by molar-refractivity contribution is 5.92. The minimum atomic E-state index is -1.36. The van der Waals surface area contributed by atoms with Gasteiger partial charge in [-0.05, 0) is 30.7 Å². The van der Waals surface area contributed by atoms with E-state index in [4.69, 9.17) is 0 Å². The Morgan fingerprint density at radius 2 is 1.69 bits per heavy atom. The van der Waals surface area contributed by atoms with Crippen molar-refractivity contribution in [3.63, 3.8) is 0 Å². The first-order valence-electron chi connectivity index (χ1n) is 12.3. The number of carbonyl (C=O) groups excluding carboxylic acids is 4. The number of hydrogen-bond donors (Lipinski definition) is 5. The third-order valence-electron chi connectivity index (χ3n) is 6.78. The molecular weight excluding hydrogens is 452 g/mol. The highest BCUT2D eigenvalue weighted by Gasteiger charge is 2.33. The molecule has 4 amide bonds. The number of carbonyl (C=O) groups is 5. The maximum Gasteiger partial charge on any atom is 0.405 e. The number of amides is 4. The van der Waals surface area contributed by atoms with Crippen LogP contribution in [-0.2, 0) is 19.2 Å².